The molecule has 2 aromatic rings. The molecule has 0 spiro atoms. The van der Waals surface area contributed by atoms with Crippen LogP contribution in [-0.4, -0.2) is 40.6 Å². The fourth-order valence-corrected chi connectivity index (χ4v) is 3.58. The average Bonchev–Trinajstić information content (AvgIpc) is 2.73. The number of nitriles is 1. The summed E-state index contributed by atoms with van der Waals surface area (Å²) < 4.78 is 5.34. The first kappa shape index (κ1) is 18.9. The first-order chi connectivity index (χ1) is 13.1. The van der Waals surface area contributed by atoms with Gasteiger partial charge in [-0.2, -0.15) is 5.26 Å². The number of rotatable bonds is 5. The molecule has 0 saturated carbocycles. The van der Waals surface area contributed by atoms with Crippen molar-refractivity contribution in [2.45, 2.75) is 37.8 Å². The molecule has 0 bridgehead atoms. The largest absolute Gasteiger partial charge is 0.496 e. The predicted octanol–water partition coefficient (Wildman–Crippen LogP) is 2.62. The second-order valence-electron chi connectivity index (χ2n) is 6.70. The predicted molar refractivity (Wildman–Crippen MR) is 100.0 cm³/mol. The minimum Gasteiger partial charge on any atom is -0.496 e. The van der Waals surface area contributed by atoms with Gasteiger partial charge in [-0.3, -0.25) is 9.78 Å². The third-order valence-electron chi connectivity index (χ3n) is 5.02. The van der Waals surface area contributed by atoms with Crippen LogP contribution in [0.25, 0.3) is 0 Å². The van der Waals surface area contributed by atoms with Crippen LogP contribution in [0.3, 0.4) is 0 Å². The Morgan fingerprint density at radius 3 is 2.85 bits per heavy atom. The lowest BCUT2D eigenvalue weighted by molar-refractivity contribution is -0.137. The summed E-state index contributed by atoms with van der Waals surface area (Å²) in [5, 5.41) is 19.9. The van der Waals surface area contributed by atoms with E-state index in [-0.39, 0.29) is 18.4 Å². The van der Waals surface area contributed by atoms with Crippen molar-refractivity contribution in [1.82, 2.24) is 9.88 Å². The maximum atomic E-state index is 12.9. The van der Waals surface area contributed by atoms with Crippen LogP contribution in [0.2, 0.25) is 0 Å². The first-order valence-corrected chi connectivity index (χ1v) is 9.08. The highest BCUT2D eigenvalue weighted by Gasteiger charge is 2.34. The Bertz CT molecular complexity index is 829. The fourth-order valence-electron chi connectivity index (χ4n) is 3.58. The molecular formula is C21H23N3O3. The van der Waals surface area contributed by atoms with Crippen LogP contribution in [0.4, 0.5) is 0 Å². The third kappa shape index (κ3) is 4.26. The average molecular weight is 365 g/mol. The second kappa shape index (κ2) is 8.65. The highest BCUT2D eigenvalue weighted by atomic mass is 16.5. The molecule has 2 unspecified atom stereocenters. The summed E-state index contributed by atoms with van der Waals surface area (Å²) in [6, 6.07) is 10.5. The standard InChI is InChI=1S/C21H23N3O3/c1-27-19-9-10-23-14-17(19)21(26)18-4-2-3-11-24(18)20(25)12-15-5-7-16(13-22)8-6-15/h5-10,14,18,21,26H,2-4,11-12H2,1H3. The van der Waals surface area contributed by atoms with E-state index in [0.29, 0.717) is 23.4 Å². The number of pyridine rings is 1. The van der Waals surface area contributed by atoms with E-state index in [9.17, 15) is 9.90 Å². The van der Waals surface area contributed by atoms with Gasteiger partial charge in [0.25, 0.3) is 0 Å². The summed E-state index contributed by atoms with van der Waals surface area (Å²) in [4.78, 5) is 18.8. The number of likely N-dealkylation sites (tertiary alicyclic amines) is 1. The van der Waals surface area contributed by atoms with Crippen molar-refractivity contribution < 1.29 is 14.6 Å². The number of ether oxygens (including phenoxy) is 1. The molecule has 6 heteroatoms. The molecule has 140 valence electrons. The number of aliphatic hydroxyl groups is 1. The van der Waals surface area contributed by atoms with Crippen LogP contribution in [0.15, 0.2) is 42.7 Å². The van der Waals surface area contributed by atoms with E-state index < -0.39 is 6.10 Å². The minimum absolute atomic E-state index is 0.0219. The number of amides is 1. The Balaban J connectivity index is 1.77. The molecule has 1 aromatic carbocycles. The molecule has 1 N–H and O–H groups in total. The maximum absolute atomic E-state index is 12.9. The molecule has 2 atom stereocenters. The molecular weight excluding hydrogens is 342 g/mol. The van der Waals surface area contributed by atoms with Gasteiger partial charge in [0, 0.05) is 24.5 Å². The van der Waals surface area contributed by atoms with E-state index in [1.807, 2.05) is 0 Å². The number of carbonyl (C=O) groups excluding carboxylic acids is 1. The number of piperidine rings is 1. The SMILES string of the molecule is COc1ccncc1C(O)C1CCCCN1C(=O)Cc1ccc(C#N)cc1. The molecule has 6 nitrogen and oxygen atoms in total. The zero-order chi connectivity index (χ0) is 19.2. The molecule has 27 heavy (non-hydrogen) atoms. The van der Waals surface area contributed by atoms with E-state index >= 15 is 0 Å². The monoisotopic (exact) mass is 365 g/mol. The Labute approximate surface area is 159 Å². The topological polar surface area (TPSA) is 86.5 Å². The van der Waals surface area contributed by atoms with Crippen LogP contribution in [0.5, 0.6) is 5.75 Å². The van der Waals surface area contributed by atoms with E-state index in [1.165, 1.54) is 0 Å². The van der Waals surface area contributed by atoms with Gasteiger partial charge in [-0.25, -0.2) is 0 Å². The number of aliphatic hydroxyl groups excluding tert-OH is 1. The number of aromatic nitrogens is 1. The van der Waals surface area contributed by atoms with Crippen LogP contribution in [0.1, 0.15) is 42.1 Å². The Kier molecular flexibility index (Phi) is 6.05. The van der Waals surface area contributed by atoms with Crippen molar-refractivity contribution in [3.63, 3.8) is 0 Å². The Hall–Kier alpha value is -2.91. The second-order valence-corrected chi connectivity index (χ2v) is 6.70. The van der Waals surface area contributed by atoms with Crippen molar-refractivity contribution in [2.24, 2.45) is 0 Å². The van der Waals surface area contributed by atoms with E-state index in [4.69, 9.17) is 10.00 Å². The first-order valence-electron chi connectivity index (χ1n) is 9.08. The highest BCUT2D eigenvalue weighted by Crippen LogP contribution is 2.33. The van der Waals surface area contributed by atoms with Crippen LogP contribution in [0, 0.1) is 11.3 Å². The zero-order valence-corrected chi connectivity index (χ0v) is 15.3. The minimum atomic E-state index is -0.848. The number of hydrogen-bond acceptors (Lipinski definition) is 5. The molecule has 1 aromatic heterocycles. The van der Waals surface area contributed by atoms with E-state index in [2.05, 4.69) is 11.1 Å². The summed E-state index contributed by atoms with van der Waals surface area (Å²) in [5.74, 6) is 0.550. The highest BCUT2D eigenvalue weighted by molar-refractivity contribution is 5.79. The summed E-state index contributed by atoms with van der Waals surface area (Å²) in [5.41, 5.74) is 2.03. The lowest BCUT2D eigenvalue weighted by atomic mass is 9.92. The van der Waals surface area contributed by atoms with Gasteiger partial charge >= 0.3 is 0 Å². The molecule has 3 rings (SSSR count). The van der Waals surface area contributed by atoms with Crippen molar-refractivity contribution in [2.75, 3.05) is 13.7 Å². The molecule has 2 heterocycles. The molecule has 1 aliphatic rings. The van der Waals surface area contributed by atoms with Gasteiger partial charge in [0.2, 0.25) is 5.91 Å². The fraction of sp³-hybridized carbons (Fsp3) is 0.381. The molecule has 1 amide bonds. The zero-order valence-electron chi connectivity index (χ0n) is 15.3. The third-order valence-corrected chi connectivity index (χ3v) is 5.02. The molecule has 0 aliphatic carbocycles. The smallest absolute Gasteiger partial charge is 0.227 e. The van der Waals surface area contributed by atoms with Gasteiger partial charge < -0.3 is 14.7 Å². The van der Waals surface area contributed by atoms with Crippen molar-refractivity contribution >= 4 is 5.91 Å². The number of nitrogens with zero attached hydrogens (tertiary/aromatic N) is 3. The molecule has 0 radical (unpaired) electrons. The number of methoxy groups -OCH3 is 1. The van der Waals surface area contributed by atoms with Gasteiger partial charge in [0.05, 0.1) is 31.2 Å². The van der Waals surface area contributed by atoms with E-state index in [1.54, 1.807) is 54.7 Å². The summed E-state index contributed by atoms with van der Waals surface area (Å²) in [6.07, 6.45) is 5.24. The van der Waals surface area contributed by atoms with Gasteiger partial charge in [-0.15, -0.1) is 0 Å². The van der Waals surface area contributed by atoms with Crippen LogP contribution in [-0.2, 0) is 11.2 Å². The van der Waals surface area contributed by atoms with Crippen LogP contribution >= 0.6 is 0 Å². The quantitative estimate of drug-likeness (QED) is 0.880. The number of carbonyl (C=O) groups is 1. The lowest BCUT2D eigenvalue weighted by Crippen LogP contribution is -2.47. The summed E-state index contributed by atoms with van der Waals surface area (Å²) >= 11 is 0. The normalized spacial score (nSPS) is 17.8. The van der Waals surface area contributed by atoms with Crippen LogP contribution < -0.4 is 4.74 Å². The Morgan fingerprint density at radius 1 is 1.37 bits per heavy atom. The van der Waals surface area contributed by atoms with Gasteiger partial charge in [0.15, 0.2) is 0 Å². The van der Waals surface area contributed by atoms with E-state index in [0.717, 1.165) is 24.8 Å². The van der Waals surface area contributed by atoms with Crippen molar-refractivity contribution in [1.29, 1.82) is 5.26 Å². The molecule has 1 fully saturated rings. The molecule has 1 aliphatic heterocycles. The van der Waals surface area contributed by atoms with Crippen molar-refractivity contribution in [3.05, 3.63) is 59.4 Å². The van der Waals surface area contributed by atoms with Gasteiger partial charge in [-0.05, 0) is 43.0 Å². The van der Waals surface area contributed by atoms with Crippen molar-refractivity contribution in [3.8, 4) is 11.8 Å². The van der Waals surface area contributed by atoms with Gasteiger partial charge in [-0.1, -0.05) is 12.1 Å². The lowest BCUT2D eigenvalue weighted by Gasteiger charge is -2.39. The number of hydrogen-bond donors (Lipinski definition) is 1. The maximum Gasteiger partial charge on any atom is 0.227 e. The summed E-state index contributed by atoms with van der Waals surface area (Å²) in [7, 11) is 1.56. The van der Waals surface area contributed by atoms with Gasteiger partial charge in [0.1, 0.15) is 11.9 Å². The summed E-state index contributed by atoms with van der Waals surface area (Å²) in [6.45, 7) is 0.624. The Morgan fingerprint density at radius 2 is 2.15 bits per heavy atom. The number of benzene rings is 1. The molecule has 1 saturated heterocycles.